The molecule has 0 spiro atoms. The molecule has 0 amide bonds. The molecule has 0 aliphatic rings. The maximum Gasteiger partial charge on any atom is 0.129 e. The van der Waals surface area contributed by atoms with E-state index in [2.05, 4.69) is 21.2 Å². The van der Waals surface area contributed by atoms with Crippen LogP contribution in [0.1, 0.15) is 23.4 Å². The van der Waals surface area contributed by atoms with Gasteiger partial charge in [-0.2, -0.15) is 0 Å². The van der Waals surface area contributed by atoms with Gasteiger partial charge < -0.3 is 5.32 Å². The summed E-state index contributed by atoms with van der Waals surface area (Å²) in [6.07, 6.45) is 0. The van der Waals surface area contributed by atoms with Gasteiger partial charge in [0.05, 0.1) is 6.04 Å². The number of thiophene rings is 1. The van der Waals surface area contributed by atoms with E-state index in [9.17, 15) is 4.39 Å². The first-order valence-corrected chi connectivity index (χ1v) is 7.11. The van der Waals surface area contributed by atoms with Crippen LogP contribution < -0.4 is 5.32 Å². The molecule has 1 N–H and O–H groups in total. The minimum absolute atomic E-state index is 0.0619. The fourth-order valence-electron chi connectivity index (χ4n) is 1.76. The molecule has 1 unspecified atom stereocenters. The monoisotopic (exact) mass is 313 g/mol. The quantitative estimate of drug-likeness (QED) is 0.885. The van der Waals surface area contributed by atoms with Gasteiger partial charge in [-0.05, 0) is 30.1 Å². The number of rotatable bonds is 4. The highest BCUT2D eigenvalue weighted by Crippen LogP contribution is 2.29. The van der Waals surface area contributed by atoms with Crippen LogP contribution in [-0.2, 0) is 0 Å². The van der Waals surface area contributed by atoms with Gasteiger partial charge in [-0.1, -0.05) is 35.0 Å². The molecule has 1 heterocycles. The van der Waals surface area contributed by atoms with Crippen molar-refractivity contribution in [3.05, 3.63) is 56.4 Å². The summed E-state index contributed by atoms with van der Waals surface area (Å²) in [6, 6.07) is 9.16. The van der Waals surface area contributed by atoms with Crippen molar-refractivity contribution in [3.63, 3.8) is 0 Å². The Hall–Kier alpha value is -0.710. The average molecular weight is 314 g/mol. The Morgan fingerprint density at radius 2 is 2.24 bits per heavy atom. The van der Waals surface area contributed by atoms with Gasteiger partial charge in [0, 0.05) is 14.9 Å². The molecule has 0 saturated heterocycles. The molecule has 0 fully saturated rings. The van der Waals surface area contributed by atoms with E-state index in [1.807, 2.05) is 36.6 Å². The van der Waals surface area contributed by atoms with E-state index in [0.717, 1.165) is 15.9 Å². The van der Waals surface area contributed by atoms with E-state index in [1.165, 1.54) is 6.07 Å². The molecule has 1 atom stereocenters. The van der Waals surface area contributed by atoms with E-state index in [4.69, 9.17) is 0 Å². The minimum Gasteiger partial charge on any atom is -0.306 e. The summed E-state index contributed by atoms with van der Waals surface area (Å²) in [7, 11) is 0. The molecule has 2 aromatic rings. The van der Waals surface area contributed by atoms with Gasteiger partial charge in [-0.25, -0.2) is 4.39 Å². The van der Waals surface area contributed by atoms with Crippen LogP contribution in [0.4, 0.5) is 4.39 Å². The van der Waals surface area contributed by atoms with Crippen LogP contribution in [0.25, 0.3) is 0 Å². The Kier molecular flexibility index (Phi) is 4.31. The van der Waals surface area contributed by atoms with Gasteiger partial charge in [0.25, 0.3) is 0 Å². The zero-order valence-electron chi connectivity index (χ0n) is 9.41. The molecule has 4 heteroatoms. The number of benzene rings is 1. The molecule has 1 aromatic carbocycles. The van der Waals surface area contributed by atoms with Gasteiger partial charge in [0.15, 0.2) is 0 Å². The predicted octanol–water partition coefficient (Wildman–Crippen LogP) is 4.35. The Morgan fingerprint density at radius 3 is 2.82 bits per heavy atom. The van der Waals surface area contributed by atoms with Gasteiger partial charge in [0.1, 0.15) is 5.82 Å². The van der Waals surface area contributed by atoms with Crippen LogP contribution in [-0.4, -0.2) is 6.54 Å². The van der Waals surface area contributed by atoms with Crippen molar-refractivity contribution >= 4 is 27.3 Å². The molecular formula is C13H13BrFNS. The van der Waals surface area contributed by atoms with Crippen molar-refractivity contribution in [2.45, 2.75) is 13.0 Å². The molecule has 90 valence electrons. The Labute approximate surface area is 113 Å². The summed E-state index contributed by atoms with van der Waals surface area (Å²) in [5.41, 5.74) is 0.692. The fraction of sp³-hybridized carbons (Fsp3) is 0.231. The zero-order chi connectivity index (χ0) is 12.3. The van der Waals surface area contributed by atoms with Crippen molar-refractivity contribution in [2.75, 3.05) is 6.54 Å². The number of hydrogen-bond donors (Lipinski definition) is 1. The van der Waals surface area contributed by atoms with Crippen molar-refractivity contribution in [2.24, 2.45) is 0 Å². The van der Waals surface area contributed by atoms with Crippen LogP contribution in [0.5, 0.6) is 0 Å². The lowest BCUT2D eigenvalue weighted by molar-refractivity contribution is 0.562. The fourth-order valence-corrected chi connectivity index (χ4v) is 2.91. The molecule has 1 nitrogen and oxygen atoms in total. The minimum atomic E-state index is -0.182. The van der Waals surface area contributed by atoms with Crippen LogP contribution in [0.2, 0.25) is 0 Å². The zero-order valence-corrected chi connectivity index (χ0v) is 11.8. The molecule has 1 aromatic heterocycles. The first-order valence-electron chi connectivity index (χ1n) is 5.44. The second-order valence-electron chi connectivity index (χ2n) is 3.67. The average Bonchev–Trinajstić information content (AvgIpc) is 2.80. The summed E-state index contributed by atoms with van der Waals surface area (Å²) in [6.45, 7) is 2.83. The maximum atomic E-state index is 14.0. The largest absolute Gasteiger partial charge is 0.306 e. The van der Waals surface area contributed by atoms with E-state index in [0.29, 0.717) is 5.56 Å². The van der Waals surface area contributed by atoms with Crippen molar-refractivity contribution < 1.29 is 4.39 Å². The van der Waals surface area contributed by atoms with Gasteiger partial charge in [0.2, 0.25) is 0 Å². The number of nitrogens with one attached hydrogen (secondary N) is 1. The summed E-state index contributed by atoms with van der Waals surface area (Å²) >= 11 is 4.91. The highest BCUT2D eigenvalue weighted by Gasteiger charge is 2.17. The standard InChI is InChI=1S/C13H13BrFNS/c1-2-16-13(12-4-3-7-17-12)10-6-5-9(14)8-11(10)15/h3-8,13,16H,2H2,1H3. The topological polar surface area (TPSA) is 12.0 Å². The number of hydrogen-bond acceptors (Lipinski definition) is 2. The van der Waals surface area contributed by atoms with E-state index in [-0.39, 0.29) is 11.9 Å². The lowest BCUT2D eigenvalue weighted by atomic mass is 10.0. The molecule has 17 heavy (non-hydrogen) atoms. The van der Waals surface area contributed by atoms with E-state index < -0.39 is 0 Å². The molecule has 0 bridgehead atoms. The van der Waals surface area contributed by atoms with Crippen LogP contribution in [0.3, 0.4) is 0 Å². The SMILES string of the molecule is CCNC(c1cccs1)c1ccc(Br)cc1F. The molecule has 2 rings (SSSR count). The molecule has 0 radical (unpaired) electrons. The highest BCUT2D eigenvalue weighted by atomic mass is 79.9. The Bertz CT molecular complexity index is 484. The summed E-state index contributed by atoms with van der Waals surface area (Å²) < 4.78 is 14.7. The van der Waals surface area contributed by atoms with Gasteiger partial charge in [-0.3, -0.25) is 0 Å². The summed E-state index contributed by atoms with van der Waals surface area (Å²) in [4.78, 5) is 1.13. The van der Waals surface area contributed by atoms with Crippen molar-refractivity contribution in [1.29, 1.82) is 0 Å². The van der Waals surface area contributed by atoms with E-state index >= 15 is 0 Å². The third-order valence-corrected chi connectivity index (χ3v) is 3.94. The normalized spacial score (nSPS) is 12.6. The lowest BCUT2D eigenvalue weighted by Crippen LogP contribution is -2.22. The van der Waals surface area contributed by atoms with Crippen LogP contribution in [0.15, 0.2) is 40.2 Å². The summed E-state index contributed by atoms with van der Waals surface area (Å²) in [5, 5.41) is 5.33. The molecular weight excluding hydrogens is 301 g/mol. The Balaban J connectivity index is 2.39. The molecule has 0 aliphatic carbocycles. The summed E-state index contributed by atoms with van der Waals surface area (Å²) in [5.74, 6) is -0.182. The second-order valence-corrected chi connectivity index (χ2v) is 5.57. The Morgan fingerprint density at radius 1 is 1.41 bits per heavy atom. The van der Waals surface area contributed by atoms with E-state index in [1.54, 1.807) is 11.3 Å². The van der Waals surface area contributed by atoms with Crippen molar-refractivity contribution in [3.8, 4) is 0 Å². The lowest BCUT2D eigenvalue weighted by Gasteiger charge is -2.17. The third kappa shape index (κ3) is 2.94. The maximum absolute atomic E-state index is 14.0. The van der Waals surface area contributed by atoms with Crippen LogP contribution >= 0.6 is 27.3 Å². The van der Waals surface area contributed by atoms with Crippen molar-refractivity contribution in [1.82, 2.24) is 5.32 Å². The smallest absolute Gasteiger partial charge is 0.129 e. The molecule has 0 aliphatic heterocycles. The van der Waals surface area contributed by atoms with Gasteiger partial charge >= 0.3 is 0 Å². The first-order chi connectivity index (χ1) is 8.22. The number of halogens is 2. The highest BCUT2D eigenvalue weighted by molar-refractivity contribution is 9.10. The predicted molar refractivity (Wildman–Crippen MR) is 73.9 cm³/mol. The van der Waals surface area contributed by atoms with Gasteiger partial charge in [-0.15, -0.1) is 11.3 Å². The van der Waals surface area contributed by atoms with Crippen LogP contribution in [0, 0.1) is 5.82 Å². The third-order valence-electron chi connectivity index (χ3n) is 2.51. The molecule has 0 saturated carbocycles. The first kappa shape index (κ1) is 12.7. The second kappa shape index (κ2) is 5.76.